The maximum atomic E-state index is 5.56. The van der Waals surface area contributed by atoms with E-state index in [2.05, 4.69) is 38.6 Å². The fourth-order valence-electron chi connectivity index (χ4n) is 1.18. The van der Waals surface area contributed by atoms with Gasteiger partial charge in [0, 0.05) is 5.75 Å². The van der Waals surface area contributed by atoms with Crippen molar-refractivity contribution >= 4 is 12.6 Å². The number of rotatable bonds is 4. The van der Waals surface area contributed by atoms with Crippen LogP contribution < -0.4 is 4.74 Å². The molecule has 0 aliphatic carbocycles. The van der Waals surface area contributed by atoms with Gasteiger partial charge < -0.3 is 4.74 Å². The van der Waals surface area contributed by atoms with Gasteiger partial charge in [-0.15, -0.1) is 0 Å². The van der Waals surface area contributed by atoms with Gasteiger partial charge in [0.05, 0.1) is 6.61 Å². The van der Waals surface area contributed by atoms with Crippen LogP contribution in [0.1, 0.15) is 38.3 Å². The second-order valence-electron chi connectivity index (χ2n) is 3.11. The number of hydrogen-bond donors (Lipinski definition) is 1. The third-order valence-corrected chi connectivity index (χ3v) is 2.25. The summed E-state index contributed by atoms with van der Waals surface area (Å²) in [7, 11) is 0. The summed E-state index contributed by atoms with van der Waals surface area (Å²) in [6.07, 6.45) is 1.05. The zero-order valence-electron chi connectivity index (χ0n) is 10.2. The Bertz CT molecular complexity index is 271. The first kappa shape index (κ1) is 14.4. The summed E-state index contributed by atoms with van der Waals surface area (Å²) < 4.78 is 5.56. The predicted molar refractivity (Wildman–Crippen MR) is 71.0 cm³/mol. The molecule has 0 fully saturated rings. The van der Waals surface area contributed by atoms with Crippen molar-refractivity contribution in [3.8, 4) is 5.75 Å². The van der Waals surface area contributed by atoms with E-state index in [0.717, 1.165) is 24.5 Å². The normalized spacial score (nSPS) is 9.13. The zero-order valence-corrected chi connectivity index (χ0v) is 11.1. The Labute approximate surface area is 99.3 Å². The molecule has 0 saturated heterocycles. The first-order valence-corrected chi connectivity index (χ1v) is 6.24. The highest BCUT2D eigenvalue weighted by Gasteiger charge is 1.99. The largest absolute Gasteiger partial charge is 0.493 e. The van der Waals surface area contributed by atoms with E-state index in [1.807, 2.05) is 19.9 Å². The third-order valence-electron chi connectivity index (χ3n) is 1.88. The Balaban J connectivity index is 0.000000921. The summed E-state index contributed by atoms with van der Waals surface area (Å²) in [6.45, 7) is 8.97. The molecule has 0 amide bonds. The van der Waals surface area contributed by atoms with Crippen LogP contribution in [0.4, 0.5) is 0 Å². The smallest absolute Gasteiger partial charge is 0.122 e. The molecular weight excluding hydrogens is 204 g/mol. The van der Waals surface area contributed by atoms with E-state index in [4.69, 9.17) is 4.74 Å². The summed E-state index contributed by atoms with van der Waals surface area (Å²) in [5.74, 6) is 1.78. The predicted octanol–water partition coefficient (Wildman–Crippen LogP) is 4.24. The quantitative estimate of drug-likeness (QED) is 0.756. The van der Waals surface area contributed by atoms with Crippen LogP contribution in [-0.4, -0.2) is 6.61 Å². The number of hydrogen-bond acceptors (Lipinski definition) is 2. The molecule has 1 nitrogen and oxygen atoms in total. The van der Waals surface area contributed by atoms with Crippen LogP contribution >= 0.6 is 12.6 Å². The molecule has 1 aromatic rings. The fourth-order valence-corrected chi connectivity index (χ4v) is 1.38. The average Bonchev–Trinajstić information content (AvgIpc) is 2.30. The molecular formula is C13H22OS. The van der Waals surface area contributed by atoms with Gasteiger partial charge in [-0.25, -0.2) is 0 Å². The number of benzene rings is 1. The molecule has 0 atom stereocenters. The van der Waals surface area contributed by atoms with Crippen molar-refractivity contribution in [2.24, 2.45) is 0 Å². The molecule has 86 valence electrons. The lowest BCUT2D eigenvalue weighted by atomic mass is 10.1. The van der Waals surface area contributed by atoms with Crippen LogP contribution in [0.15, 0.2) is 18.2 Å². The van der Waals surface area contributed by atoms with E-state index < -0.39 is 0 Å². The summed E-state index contributed by atoms with van der Waals surface area (Å²) in [5, 5.41) is 0. The third kappa shape index (κ3) is 5.12. The number of thiol groups is 1. The van der Waals surface area contributed by atoms with Crippen molar-refractivity contribution in [3.63, 3.8) is 0 Å². The molecule has 0 saturated carbocycles. The maximum absolute atomic E-state index is 5.56. The van der Waals surface area contributed by atoms with Gasteiger partial charge in [0.25, 0.3) is 0 Å². The molecule has 0 unspecified atom stereocenters. The minimum absolute atomic E-state index is 0.787. The molecule has 0 radical (unpaired) electrons. The van der Waals surface area contributed by atoms with Gasteiger partial charge in [-0.3, -0.25) is 0 Å². The van der Waals surface area contributed by atoms with E-state index >= 15 is 0 Å². The lowest BCUT2D eigenvalue weighted by molar-refractivity contribution is 0.315. The summed E-state index contributed by atoms with van der Waals surface area (Å²) >= 11 is 4.22. The van der Waals surface area contributed by atoms with E-state index in [-0.39, 0.29) is 0 Å². The van der Waals surface area contributed by atoms with Gasteiger partial charge in [-0.05, 0) is 30.5 Å². The summed E-state index contributed by atoms with van der Waals surface area (Å²) in [4.78, 5) is 0. The van der Waals surface area contributed by atoms with E-state index in [1.165, 1.54) is 11.1 Å². The van der Waals surface area contributed by atoms with Gasteiger partial charge >= 0.3 is 0 Å². The summed E-state index contributed by atoms with van der Waals surface area (Å²) in [6, 6.07) is 6.21. The van der Waals surface area contributed by atoms with E-state index in [0.29, 0.717) is 0 Å². The van der Waals surface area contributed by atoms with E-state index in [9.17, 15) is 0 Å². The molecule has 1 aromatic carbocycles. The standard InChI is InChI=1S/C11H16OS.C2H6/c1-3-6-12-11-5-4-10(8-13)7-9(11)2;1-2/h4-5,7,13H,3,6,8H2,1-2H3;1-2H3. The van der Waals surface area contributed by atoms with Gasteiger partial charge in [0.1, 0.15) is 5.75 Å². The molecule has 0 spiro atoms. The molecule has 0 bridgehead atoms. The molecule has 15 heavy (non-hydrogen) atoms. The van der Waals surface area contributed by atoms with Crippen LogP contribution in [0.3, 0.4) is 0 Å². The lowest BCUT2D eigenvalue weighted by Crippen LogP contribution is -1.97. The Hall–Kier alpha value is -0.630. The molecule has 0 heterocycles. The van der Waals surface area contributed by atoms with E-state index in [1.54, 1.807) is 0 Å². The minimum Gasteiger partial charge on any atom is -0.493 e. The molecule has 0 N–H and O–H groups in total. The van der Waals surface area contributed by atoms with Crippen LogP contribution in [0.2, 0.25) is 0 Å². The molecule has 2 heteroatoms. The Morgan fingerprint density at radius 1 is 1.27 bits per heavy atom. The van der Waals surface area contributed by atoms with Gasteiger partial charge in [0.15, 0.2) is 0 Å². The van der Waals surface area contributed by atoms with Crippen molar-refractivity contribution in [3.05, 3.63) is 29.3 Å². The van der Waals surface area contributed by atoms with Crippen molar-refractivity contribution in [2.75, 3.05) is 6.61 Å². The zero-order chi connectivity index (χ0) is 11.7. The minimum atomic E-state index is 0.787. The lowest BCUT2D eigenvalue weighted by Gasteiger charge is -2.08. The van der Waals surface area contributed by atoms with Gasteiger partial charge in [0.2, 0.25) is 0 Å². The topological polar surface area (TPSA) is 9.23 Å². The molecule has 1 rings (SSSR count). The second kappa shape index (κ2) is 8.66. The van der Waals surface area contributed by atoms with Gasteiger partial charge in [-0.2, -0.15) is 12.6 Å². The average molecular weight is 226 g/mol. The van der Waals surface area contributed by atoms with Crippen LogP contribution in [0.5, 0.6) is 5.75 Å². The number of aryl methyl sites for hydroxylation is 1. The van der Waals surface area contributed by atoms with Crippen LogP contribution in [0, 0.1) is 6.92 Å². The SMILES string of the molecule is CC.CCCOc1ccc(CS)cc1C. The molecule has 0 aliphatic heterocycles. The number of ether oxygens (including phenoxy) is 1. The Morgan fingerprint density at radius 3 is 2.40 bits per heavy atom. The maximum Gasteiger partial charge on any atom is 0.122 e. The highest BCUT2D eigenvalue weighted by molar-refractivity contribution is 7.79. The van der Waals surface area contributed by atoms with Crippen molar-refractivity contribution in [1.82, 2.24) is 0 Å². The highest BCUT2D eigenvalue weighted by Crippen LogP contribution is 2.19. The molecule has 0 aliphatic rings. The molecule has 0 aromatic heterocycles. The Morgan fingerprint density at radius 2 is 1.93 bits per heavy atom. The second-order valence-corrected chi connectivity index (χ2v) is 3.42. The van der Waals surface area contributed by atoms with Crippen molar-refractivity contribution in [1.29, 1.82) is 0 Å². The first-order valence-electron chi connectivity index (χ1n) is 5.61. The highest BCUT2D eigenvalue weighted by atomic mass is 32.1. The van der Waals surface area contributed by atoms with Crippen molar-refractivity contribution < 1.29 is 4.74 Å². The van der Waals surface area contributed by atoms with Crippen LogP contribution in [0.25, 0.3) is 0 Å². The summed E-state index contributed by atoms with van der Waals surface area (Å²) in [5.41, 5.74) is 2.43. The first-order chi connectivity index (χ1) is 7.27. The Kier molecular flexibility index (Phi) is 8.30. The van der Waals surface area contributed by atoms with Crippen LogP contribution in [-0.2, 0) is 5.75 Å². The van der Waals surface area contributed by atoms with Crippen molar-refractivity contribution in [2.45, 2.75) is 39.9 Å². The fraction of sp³-hybridized carbons (Fsp3) is 0.538. The monoisotopic (exact) mass is 226 g/mol. The van der Waals surface area contributed by atoms with Gasteiger partial charge in [-0.1, -0.05) is 32.9 Å².